The molecule has 2 aromatic carbocycles. The number of fused-ring (bicyclic) bond motifs is 1. The van der Waals surface area contributed by atoms with Gasteiger partial charge < -0.3 is 9.64 Å². The first kappa shape index (κ1) is 22.5. The Balaban J connectivity index is 0.00000300. The van der Waals surface area contributed by atoms with Gasteiger partial charge in [-0.25, -0.2) is 4.98 Å². The largest absolute Gasteiger partial charge is 0.494 e. The van der Waals surface area contributed by atoms with Crippen molar-refractivity contribution in [3.8, 4) is 5.75 Å². The van der Waals surface area contributed by atoms with Crippen molar-refractivity contribution >= 4 is 50.7 Å². The summed E-state index contributed by atoms with van der Waals surface area (Å²) in [4.78, 5) is 31.9. The minimum atomic E-state index is -0.510. The molecule has 8 nitrogen and oxygen atoms in total. The molecule has 0 unspecified atom stereocenters. The Hall–Kier alpha value is -2.75. The molecule has 0 aliphatic heterocycles. The zero-order valence-electron chi connectivity index (χ0n) is 16.2. The van der Waals surface area contributed by atoms with Gasteiger partial charge in [-0.2, -0.15) is 0 Å². The number of benzene rings is 2. The number of amides is 1. The fourth-order valence-corrected chi connectivity index (χ4v) is 3.69. The number of rotatable bonds is 7. The lowest BCUT2D eigenvalue weighted by Gasteiger charge is -2.22. The molecule has 1 aromatic heterocycles. The Bertz CT molecular complexity index is 1020. The van der Waals surface area contributed by atoms with Crippen molar-refractivity contribution in [3.05, 3.63) is 58.1 Å². The Morgan fingerprint density at radius 1 is 1.21 bits per heavy atom. The first-order valence-electron chi connectivity index (χ1n) is 8.55. The first-order valence-corrected chi connectivity index (χ1v) is 9.37. The molecule has 29 heavy (non-hydrogen) atoms. The van der Waals surface area contributed by atoms with Crippen molar-refractivity contribution in [2.24, 2.45) is 0 Å². The number of non-ortho nitro benzene ring substituents is 1. The number of methoxy groups -OCH3 is 1. The first-order chi connectivity index (χ1) is 13.4. The number of aromatic nitrogens is 1. The van der Waals surface area contributed by atoms with E-state index in [-0.39, 0.29) is 29.6 Å². The summed E-state index contributed by atoms with van der Waals surface area (Å²) < 4.78 is 6.26. The predicted molar refractivity (Wildman–Crippen MR) is 117 cm³/mol. The quantitative estimate of drug-likeness (QED) is 0.413. The van der Waals surface area contributed by atoms with Crippen LogP contribution in [0.15, 0.2) is 42.5 Å². The zero-order valence-corrected chi connectivity index (χ0v) is 17.8. The minimum Gasteiger partial charge on any atom is -0.494 e. The molecule has 154 valence electrons. The maximum Gasteiger partial charge on any atom is 0.270 e. The molecule has 0 atom stereocenters. The van der Waals surface area contributed by atoms with Crippen LogP contribution in [0.2, 0.25) is 0 Å². The standard InChI is InChI=1S/C19H20N4O4S.ClH/c1-21(2)10-11-22(18(24)13-6-4-7-14(12-13)23(25)26)19-20-17-15(27-3)8-5-9-16(17)28-19;/h4-9,12H,10-11H2,1-3H3;1H. The van der Waals surface area contributed by atoms with Gasteiger partial charge in [0.25, 0.3) is 11.6 Å². The fraction of sp³-hybridized carbons (Fsp3) is 0.263. The van der Waals surface area contributed by atoms with Crippen molar-refractivity contribution in [1.29, 1.82) is 0 Å². The van der Waals surface area contributed by atoms with Crippen LogP contribution in [0.5, 0.6) is 5.75 Å². The Morgan fingerprint density at radius 2 is 1.93 bits per heavy atom. The molecule has 0 fully saturated rings. The lowest BCUT2D eigenvalue weighted by Crippen LogP contribution is -2.36. The monoisotopic (exact) mass is 436 g/mol. The Morgan fingerprint density at radius 3 is 2.59 bits per heavy atom. The molecule has 0 aliphatic rings. The van der Waals surface area contributed by atoms with Crippen molar-refractivity contribution in [2.45, 2.75) is 0 Å². The SMILES string of the molecule is COc1cccc2sc(N(CCN(C)C)C(=O)c3cccc([N+](=O)[O-])c3)nc12.Cl. The maximum absolute atomic E-state index is 13.2. The number of nitro groups is 1. The van der Waals surface area contributed by atoms with Crippen LogP contribution in [0.25, 0.3) is 10.2 Å². The molecule has 0 N–H and O–H groups in total. The van der Waals surface area contributed by atoms with E-state index >= 15 is 0 Å². The van der Waals surface area contributed by atoms with Crippen LogP contribution in [-0.2, 0) is 0 Å². The number of nitrogens with zero attached hydrogens (tertiary/aromatic N) is 4. The van der Waals surface area contributed by atoms with E-state index in [0.29, 0.717) is 29.5 Å². The van der Waals surface area contributed by atoms with Gasteiger partial charge in [-0.3, -0.25) is 19.8 Å². The third-order valence-corrected chi connectivity index (χ3v) is 5.18. The molecule has 3 aromatic rings. The lowest BCUT2D eigenvalue weighted by atomic mass is 10.2. The molecule has 0 aliphatic carbocycles. The molecule has 0 radical (unpaired) electrons. The normalized spacial score (nSPS) is 10.6. The van der Waals surface area contributed by atoms with E-state index in [1.165, 1.54) is 29.5 Å². The van der Waals surface area contributed by atoms with Crippen LogP contribution >= 0.6 is 23.7 Å². The second kappa shape index (κ2) is 9.64. The predicted octanol–water partition coefficient (Wildman–Crippen LogP) is 3.84. The molecule has 3 rings (SSSR count). The van der Waals surface area contributed by atoms with Gasteiger partial charge in [0.2, 0.25) is 0 Å². The maximum atomic E-state index is 13.2. The van der Waals surface area contributed by atoms with Crippen LogP contribution in [-0.4, -0.2) is 55.0 Å². The van der Waals surface area contributed by atoms with Gasteiger partial charge in [-0.15, -0.1) is 12.4 Å². The summed E-state index contributed by atoms with van der Waals surface area (Å²) in [5, 5.41) is 11.6. The Kier molecular flexibility index (Phi) is 7.49. The fourth-order valence-electron chi connectivity index (χ4n) is 2.68. The third-order valence-electron chi connectivity index (χ3n) is 4.14. The second-order valence-electron chi connectivity index (χ2n) is 6.37. The summed E-state index contributed by atoms with van der Waals surface area (Å²) in [6.45, 7) is 1.02. The summed E-state index contributed by atoms with van der Waals surface area (Å²) in [5.74, 6) is 0.305. The highest BCUT2D eigenvalue weighted by atomic mass is 35.5. The van der Waals surface area contributed by atoms with E-state index < -0.39 is 4.92 Å². The molecular weight excluding hydrogens is 416 g/mol. The van der Waals surface area contributed by atoms with E-state index in [4.69, 9.17) is 4.74 Å². The van der Waals surface area contributed by atoms with Crippen LogP contribution in [0.4, 0.5) is 10.8 Å². The number of ether oxygens (including phenoxy) is 1. The number of hydrogen-bond acceptors (Lipinski definition) is 7. The number of carbonyl (C=O) groups is 1. The number of nitro benzene ring substituents is 1. The van der Waals surface area contributed by atoms with E-state index in [0.717, 1.165) is 4.70 Å². The van der Waals surface area contributed by atoms with Crippen LogP contribution in [0.1, 0.15) is 10.4 Å². The smallest absolute Gasteiger partial charge is 0.270 e. The van der Waals surface area contributed by atoms with E-state index in [2.05, 4.69) is 4.98 Å². The number of anilines is 1. The third kappa shape index (κ3) is 5.00. The van der Waals surface area contributed by atoms with E-state index in [1.54, 1.807) is 18.1 Å². The average Bonchev–Trinajstić information content (AvgIpc) is 3.11. The van der Waals surface area contributed by atoms with Gasteiger partial charge >= 0.3 is 0 Å². The van der Waals surface area contributed by atoms with Crippen molar-refractivity contribution in [1.82, 2.24) is 9.88 Å². The van der Waals surface area contributed by atoms with Crippen molar-refractivity contribution in [3.63, 3.8) is 0 Å². The second-order valence-corrected chi connectivity index (χ2v) is 7.38. The molecular formula is C19H21ClN4O4S. The number of para-hydroxylation sites is 1. The van der Waals surface area contributed by atoms with Crippen molar-refractivity contribution < 1.29 is 14.5 Å². The molecule has 10 heteroatoms. The minimum absolute atomic E-state index is 0. The average molecular weight is 437 g/mol. The highest BCUT2D eigenvalue weighted by Gasteiger charge is 2.23. The topological polar surface area (TPSA) is 88.8 Å². The molecule has 0 saturated carbocycles. The summed E-state index contributed by atoms with van der Waals surface area (Å²) in [5.41, 5.74) is 0.815. The van der Waals surface area contributed by atoms with Gasteiger partial charge in [-0.1, -0.05) is 23.5 Å². The highest BCUT2D eigenvalue weighted by Crippen LogP contribution is 2.34. The summed E-state index contributed by atoms with van der Waals surface area (Å²) >= 11 is 1.38. The van der Waals surface area contributed by atoms with Crippen LogP contribution in [0.3, 0.4) is 0 Å². The number of likely N-dealkylation sites (N-methyl/N-ethyl adjacent to an activating group) is 1. The van der Waals surface area contributed by atoms with Crippen LogP contribution < -0.4 is 9.64 Å². The molecule has 0 saturated heterocycles. The van der Waals surface area contributed by atoms with Gasteiger partial charge in [0, 0.05) is 30.8 Å². The summed E-state index contributed by atoms with van der Waals surface area (Å²) in [6.07, 6.45) is 0. The van der Waals surface area contributed by atoms with Gasteiger partial charge in [0.1, 0.15) is 11.3 Å². The number of hydrogen-bond donors (Lipinski definition) is 0. The van der Waals surface area contributed by atoms with Gasteiger partial charge in [-0.05, 0) is 32.3 Å². The number of carbonyl (C=O) groups excluding carboxylic acids is 1. The van der Waals surface area contributed by atoms with Crippen molar-refractivity contribution in [2.75, 3.05) is 39.2 Å². The highest BCUT2D eigenvalue weighted by molar-refractivity contribution is 7.22. The number of thiazole rings is 1. The van der Waals surface area contributed by atoms with E-state index in [9.17, 15) is 14.9 Å². The molecule has 1 heterocycles. The molecule has 0 spiro atoms. The van der Waals surface area contributed by atoms with E-state index in [1.807, 2.05) is 37.2 Å². The lowest BCUT2D eigenvalue weighted by molar-refractivity contribution is -0.384. The summed E-state index contributed by atoms with van der Waals surface area (Å²) in [7, 11) is 5.40. The molecule has 1 amide bonds. The Labute approximate surface area is 178 Å². The van der Waals surface area contributed by atoms with Crippen LogP contribution in [0, 0.1) is 10.1 Å². The van der Waals surface area contributed by atoms with Gasteiger partial charge in [0.15, 0.2) is 5.13 Å². The molecule has 0 bridgehead atoms. The number of halogens is 1. The zero-order chi connectivity index (χ0) is 20.3. The summed E-state index contributed by atoms with van der Waals surface area (Å²) in [6, 6.07) is 11.3. The van der Waals surface area contributed by atoms with Gasteiger partial charge in [0.05, 0.1) is 16.7 Å².